The van der Waals surface area contributed by atoms with Crippen LogP contribution in [0.1, 0.15) is 30.4 Å². The number of ether oxygens (including phenoxy) is 4. The fourth-order valence-electron chi connectivity index (χ4n) is 5.12. The van der Waals surface area contributed by atoms with Crippen molar-refractivity contribution < 1.29 is 28.8 Å². The molecule has 2 aromatic carbocycles. The van der Waals surface area contributed by atoms with Gasteiger partial charge in [-0.25, -0.2) is 0 Å². The maximum absolute atomic E-state index is 12.7. The van der Waals surface area contributed by atoms with Gasteiger partial charge in [-0.15, -0.1) is 0 Å². The number of fused-ring (bicyclic) bond motifs is 1. The minimum Gasteiger partial charge on any atom is -0.497 e. The number of benzene rings is 2. The van der Waals surface area contributed by atoms with E-state index < -0.39 is 18.2 Å². The number of likely N-dealkylation sites (tertiary alicyclic amines) is 1. The van der Waals surface area contributed by atoms with E-state index in [4.69, 9.17) is 24.7 Å². The van der Waals surface area contributed by atoms with Gasteiger partial charge in [0.2, 0.25) is 5.91 Å². The summed E-state index contributed by atoms with van der Waals surface area (Å²) < 4.78 is 22.8. The number of hydrogen-bond donors (Lipinski definition) is 2. The highest BCUT2D eigenvalue weighted by atomic mass is 16.5. The molecule has 0 aliphatic carbocycles. The molecular formula is C28H39N3O6. The van der Waals surface area contributed by atoms with E-state index in [0.717, 1.165) is 47.8 Å². The van der Waals surface area contributed by atoms with E-state index in [1.807, 2.05) is 36.4 Å². The molecule has 4 atom stereocenters. The van der Waals surface area contributed by atoms with Crippen molar-refractivity contribution in [2.45, 2.75) is 44.1 Å². The molecule has 0 saturated carbocycles. The lowest BCUT2D eigenvalue weighted by atomic mass is 9.84. The summed E-state index contributed by atoms with van der Waals surface area (Å²) in [6.45, 7) is 5.64. The number of piperidine rings is 1. The Hall–Kier alpha value is -2.85. The SMILES string of the molecule is COCCCN1CCOc2ccc(CO[C@H]3CN(C(=O)[C@H](C)N)C[C@@H](O)C3c3ccc(OC)cc3)cc21. The van der Waals surface area contributed by atoms with E-state index in [0.29, 0.717) is 26.4 Å². The largest absolute Gasteiger partial charge is 0.497 e. The number of nitrogens with zero attached hydrogens (tertiary/aromatic N) is 2. The molecule has 2 aliphatic rings. The van der Waals surface area contributed by atoms with Gasteiger partial charge in [0.15, 0.2) is 0 Å². The Morgan fingerprint density at radius 3 is 2.68 bits per heavy atom. The van der Waals surface area contributed by atoms with Gasteiger partial charge in [0.1, 0.15) is 18.1 Å². The molecule has 2 aromatic rings. The number of hydrogen-bond acceptors (Lipinski definition) is 8. The third-order valence-electron chi connectivity index (χ3n) is 7.05. The number of β-amino-alcohol motifs (C(OH)–C–C–N with tert-alkyl or cyclic N) is 1. The average molecular weight is 514 g/mol. The highest BCUT2D eigenvalue weighted by molar-refractivity contribution is 5.81. The summed E-state index contributed by atoms with van der Waals surface area (Å²) in [5.74, 6) is 1.12. The average Bonchev–Trinajstić information content (AvgIpc) is 2.91. The summed E-state index contributed by atoms with van der Waals surface area (Å²) in [6, 6.07) is 13.1. The molecule has 1 saturated heterocycles. The van der Waals surface area contributed by atoms with Gasteiger partial charge in [0, 0.05) is 39.3 Å². The van der Waals surface area contributed by atoms with E-state index >= 15 is 0 Å². The Balaban J connectivity index is 1.53. The van der Waals surface area contributed by atoms with Crippen LogP contribution in [-0.2, 0) is 20.9 Å². The predicted octanol–water partition coefficient (Wildman–Crippen LogP) is 2.15. The van der Waals surface area contributed by atoms with Crippen LogP contribution >= 0.6 is 0 Å². The van der Waals surface area contributed by atoms with Crippen LogP contribution in [-0.4, -0.2) is 87.8 Å². The van der Waals surface area contributed by atoms with Crippen molar-refractivity contribution in [3.05, 3.63) is 53.6 Å². The summed E-state index contributed by atoms with van der Waals surface area (Å²) >= 11 is 0. The molecule has 0 bridgehead atoms. The quantitative estimate of drug-likeness (QED) is 0.466. The smallest absolute Gasteiger partial charge is 0.239 e. The molecule has 2 aliphatic heterocycles. The number of anilines is 1. The van der Waals surface area contributed by atoms with Crippen LogP contribution in [0.5, 0.6) is 11.5 Å². The van der Waals surface area contributed by atoms with Gasteiger partial charge in [-0.05, 0) is 48.7 Å². The lowest BCUT2D eigenvalue weighted by molar-refractivity contribution is -0.143. The molecular weight excluding hydrogens is 474 g/mol. The second-order valence-electron chi connectivity index (χ2n) is 9.73. The lowest BCUT2D eigenvalue weighted by Crippen LogP contribution is -2.56. The molecule has 37 heavy (non-hydrogen) atoms. The third-order valence-corrected chi connectivity index (χ3v) is 7.05. The standard InChI is InChI=1S/C28H39N3O6/c1-19(29)28(33)31-16-24(32)27(21-6-8-22(35-3)9-7-21)26(17-31)37-18-20-5-10-25-23(15-20)30(12-14-36-25)11-4-13-34-2/h5-10,15,19,24,26-27,32H,4,11-14,16-18,29H2,1-3H3/t19-,24+,26-,27?/m0/s1. The van der Waals surface area contributed by atoms with Crippen molar-refractivity contribution in [1.29, 1.82) is 0 Å². The van der Waals surface area contributed by atoms with E-state index in [-0.39, 0.29) is 18.4 Å². The molecule has 4 rings (SSSR count). The van der Waals surface area contributed by atoms with Crippen LogP contribution in [0.2, 0.25) is 0 Å². The number of carbonyl (C=O) groups excluding carboxylic acids is 1. The van der Waals surface area contributed by atoms with Gasteiger partial charge in [-0.2, -0.15) is 0 Å². The number of amides is 1. The van der Waals surface area contributed by atoms with Gasteiger partial charge in [0.05, 0.1) is 44.2 Å². The van der Waals surface area contributed by atoms with Crippen molar-refractivity contribution in [3.63, 3.8) is 0 Å². The molecule has 1 fully saturated rings. The normalized spacial score (nSPS) is 22.2. The summed E-state index contributed by atoms with van der Waals surface area (Å²) in [7, 11) is 3.34. The summed E-state index contributed by atoms with van der Waals surface area (Å²) in [5.41, 5.74) is 8.86. The van der Waals surface area contributed by atoms with E-state index in [9.17, 15) is 9.90 Å². The van der Waals surface area contributed by atoms with Gasteiger partial charge in [0.25, 0.3) is 0 Å². The molecule has 1 amide bonds. The molecule has 9 nitrogen and oxygen atoms in total. The minimum absolute atomic E-state index is 0.196. The van der Waals surface area contributed by atoms with Crippen molar-refractivity contribution in [2.24, 2.45) is 5.73 Å². The Morgan fingerprint density at radius 2 is 1.97 bits per heavy atom. The lowest BCUT2D eigenvalue weighted by Gasteiger charge is -2.42. The van der Waals surface area contributed by atoms with Crippen LogP contribution < -0.4 is 20.1 Å². The topological polar surface area (TPSA) is 107 Å². The molecule has 0 spiro atoms. The number of rotatable bonds is 10. The first-order valence-corrected chi connectivity index (χ1v) is 12.9. The van der Waals surface area contributed by atoms with Crippen LogP contribution in [0.4, 0.5) is 5.69 Å². The number of aliphatic hydroxyl groups is 1. The fourth-order valence-corrected chi connectivity index (χ4v) is 5.12. The van der Waals surface area contributed by atoms with E-state index in [1.165, 1.54) is 0 Å². The van der Waals surface area contributed by atoms with Gasteiger partial charge >= 0.3 is 0 Å². The predicted molar refractivity (Wildman–Crippen MR) is 141 cm³/mol. The van der Waals surface area contributed by atoms with Gasteiger partial charge in [-0.1, -0.05) is 18.2 Å². The molecule has 9 heteroatoms. The number of nitrogens with two attached hydrogens (primary N) is 1. The first-order chi connectivity index (χ1) is 17.9. The number of aliphatic hydroxyl groups excluding tert-OH is 1. The van der Waals surface area contributed by atoms with Gasteiger partial charge in [-0.3, -0.25) is 4.79 Å². The van der Waals surface area contributed by atoms with Crippen LogP contribution in [0.15, 0.2) is 42.5 Å². The zero-order valence-corrected chi connectivity index (χ0v) is 22.0. The number of carbonyl (C=O) groups is 1. The molecule has 202 valence electrons. The summed E-state index contributed by atoms with van der Waals surface area (Å²) in [4.78, 5) is 16.6. The van der Waals surface area contributed by atoms with Crippen LogP contribution in [0.25, 0.3) is 0 Å². The van der Waals surface area contributed by atoms with E-state index in [2.05, 4.69) is 11.0 Å². The first kappa shape index (κ1) is 27.2. The highest BCUT2D eigenvalue weighted by Gasteiger charge is 2.40. The maximum atomic E-state index is 12.7. The monoisotopic (exact) mass is 513 g/mol. The maximum Gasteiger partial charge on any atom is 0.239 e. The van der Waals surface area contributed by atoms with Crippen molar-refractivity contribution in [1.82, 2.24) is 4.90 Å². The Morgan fingerprint density at radius 1 is 1.19 bits per heavy atom. The zero-order chi connectivity index (χ0) is 26.4. The second kappa shape index (κ2) is 12.6. The Bertz CT molecular complexity index is 1030. The molecule has 0 radical (unpaired) electrons. The van der Waals surface area contributed by atoms with Crippen molar-refractivity contribution in [2.75, 3.05) is 58.5 Å². The van der Waals surface area contributed by atoms with Crippen LogP contribution in [0.3, 0.4) is 0 Å². The highest BCUT2D eigenvalue weighted by Crippen LogP contribution is 2.35. The molecule has 0 aromatic heterocycles. The zero-order valence-electron chi connectivity index (χ0n) is 22.0. The minimum atomic E-state index is -0.789. The Labute approximate surface area is 219 Å². The molecule has 2 heterocycles. The van der Waals surface area contributed by atoms with Gasteiger partial charge < -0.3 is 39.6 Å². The fraction of sp³-hybridized carbons (Fsp3) is 0.536. The first-order valence-electron chi connectivity index (χ1n) is 12.9. The van der Waals surface area contributed by atoms with Crippen molar-refractivity contribution >= 4 is 11.6 Å². The molecule has 1 unspecified atom stereocenters. The van der Waals surface area contributed by atoms with E-state index in [1.54, 1.807) is 26.0 Å². The number of methoxy groups -OCH3 is 2. The van der Waals surface area contributed by atoms with Crippen LogP contribution in [0, 0.1) is 0 Å². The third kappa shape index (κ3) is 6.54. The summed E-state index contributed by atoms with van der Waals surface area (Å²) in [6.07, 6.45) is -0.267. The second-order valence-corrected chi connectivity index (χ2v) is 9.73. The van der Waals surface area contributed by atoms with Crippen molar-refractivity contribution in [3.8, 4) is 11.5 Å². The summed E-state index contributed by atoms with van der Waals surface area (Å²) in [5, 5.41) is 11.1. The molecule has 3 N–H and O–H groups in total. The Kier molecular flexibility index (Phi) is 9.26.